The SMILES string of the molecule is C[C@@H]1CN([C@@H](C)CO)C(=O)c2cccc(NS(C)(=O)=O)c2O[C@@H]1CN(C)S(=O)(=O)c1ccc(Cl)cc1. The van der Waals surface area contributed by atoms with E-state index in [-0.39, 0.29) is 47.5 Å². The predicted octanol–water partition coefficient (Wildman–Crippen LogP) is 2.25. The summed E-state index contributed by atoms with van der Waals surface area (Å²) in [5.41, 5.74) is 0.159. The van der Waals surface area contributed by atoms with Gasteiger partial charge < -0.3 is 14.7 Å². The van der Waals surface area contributed by atoms with Crippen LogP contribution in [0.4, 0.5) is 5.69 Å². The molecule has 13 heteroatoms. The Bertz CT molecular complexity index is 1320. The van der Waals surface area contributed by atoms with Gasteiger partial charge in [-0.2, -0.15) is 4.31 Å². The number of carbonyl (C=O) groups is 1. The Morgan fingerprint density at radius 3 is 2.42 bits per heavy atom. The third kappa shape index (κ3) is 6.30. The maximum Gasteiger partial charge on any atom is 0.258 e. The van der Waals surface area contributed by atoms with Crippen molar-refractivity contribution in [3.8, 4) is 5.75 Å². The van der Waals surface area contributed by atoms with E-state index < -0.39 is 38.1 Å². The second-order valence-electron chi connectivity index (χ2n) is 8.92. The topological polar surface area (TPSA) is 133 Å². The van der Waals surface area contributed by atoms with Gasteiger partial charge in [0.05, 0.1) is 41.6 Å². The monoisotopic (exact) mass is 559 g/mol. The molecular formula is C23H30ClN3O7S2. The second kappa shape index (κ2) is 10.9. The first-order valence-electron chi connectivity index (χ1n) is 11.2. The van der Waals surface area contributed by atoms with Crippen LogP contribution in [0.25, 0.3) is 0 Å². The lowest BCUT2D eigenvalue weighted by molar-refractivity contribution is 0.0389. The number of nitrogens with one attached hydrogen (secondary N) is 1. The molecule has 1 amide bonds. The predicted molar refractivity (Wildman–Crippen MR) is 137 cm³/mol. The minimum atomic E-state index is -3.90. The van der Waals surface area contributed by atoms with Crippen molar-refractivity contribution in [1.29, 1.82) is 0 Å². The zero-order valence-corrected chi connectivity index (χ0v) is 22.8. The van der Waals surface area contributed by atoms with Crippen molar-refractivity contribution in [2.24, 2.45) is 5.92 Å². The van der Waals surface area contributed by atoms with Gasteiger partial charge in [0.15, 0.2) is 5.75 Å². The highest BCUT2D eigenvalue weighted by molar-refractivity contribution is 7.92. The third-order valence-electron chi connectivity index (χ3n) is 5.95. The number of carbonyl (C=O) groups excluding carboxylic acids is 1. The van der Waals surface area contributed by atoms with Crippen molar-refractivity contribution in [3.05, 3.63) is 53.1 Å². The summed E-state index contributed by atoms with van der Waals surface area (Å²) in [6, 6.07) is 9.73. The summed E-state index contributed by atoms with van der Waals surface area (Å²) in [5.74, 6) is -0.821. The van der Waals surface area contributed by atoms with Gasteiger partial charge in [-0.3, -0.25) is 9.52 Å². The number of fused-ring (bicyclic) bond motifs is 1. The van der Waals surface area contributed by atoms with E-state index in [1.807, 2.05) is 0 Å². The molecule has 0 spiro atoms. The highest BCUT2D eigenvalue weighted by atomic mass is 35.5. The molecule has 0 bridgehead atoms. The van der Waals surface area contributed by atoms with E-state index in [0.29, 0.717) is 5.02 Å². The van der Waals surface area contributed by atoms with Crippen LogP contribution in [-0.2, 0) is 20.0 Å². The van der Waals surface area contributed by atoms with Crippen LogP contribution in [0, 0.1) is 5.92 Å². The van der Waals surface area contributed by atoms with E-state index in [4.69, 9.17) is 16.3 Å². The smallest absolute Gasteiger partial charge is 0.258 e. The zero-order valence-electron chi connectivity index (χ0n) is 20.4. The number of hydrogen-bond donors (Lipinski definition) is 2. The molecule has 3 atom stereocenters. The minimum Gasteiger partial charge on any atom is -0.486 e. The molecule has 0 aliphatic carbocycles. The van der Waals surface area contributed by atoms with E-state index in [2.05, 4.69) is 4.72 Å². The molecule has 0 fully saturated rings. The number of hydrogen-bond acceptors (Lipinski definition) is 7. The van der Waals surface area contributed by atoms with Gasteiger partial charge in [0.2, 0.25) is 20.0 Å². The summed E-state index contributed by atoms with van der Waals surface area (Å²) in [5, 5.41) is 10.2. The first kappa shape index (κ1) is 28.2. The van der Waals surface area contributed by atoms with Crippen LogP contribution < -0.4 is 9.46 Å². The molecule has 36 heavy (non-hydrogen) atoms. The van der Waals surface area contributed by atoms with Crippen LogP contribution in [0.1, 0.15) is 24.2 Å². The molecule has 1 aliphatic heterocycles. The molecule has 0 saturated carbocycles. The number of benzene rings is 2. The quantitative estimate of drug-likeness (QED) is 0.506. The van der Waals surface area contributed by atoms with Gasteiger partial charge in [-0.1, -0.05) is 24.6 Å². The van der Waals surface area contributed by atoms with Gasteiger partial charge >= 0.3 is 0 Å². The molecule has 198 valence electrons. The molecule has 2 aromatic carbocycles. The van der Waals surface area contributed by atoms with Gasteiger partial charge in [0, 0.05) is 24.5 Å². The molecule has 1 aliphatic rings. The lowest BCUT2D eigenvalue weighted by atomic mass is 9.99. The molecular weight excluding hydrogens is 530 g/mol. The largest absolute Gasteiger partial charge is 0.486 e. The zero-order chi connectivity index (χ0) is 26.8. The van der Waals surface area contributed by atoms with E-state index in [1.165, 1.54) is 54.4 Å². The number of anilines is 1. The molecule has 0 saturated heterocycles. The summed E-state index contributed by atoms with van der Waals surface area (Å²) in [6.07, 6.45) is 0.212. The molecule has 0 unspecified atom stereocenters. The van der Waals surface area contributed by atoms with Gasteiger partial charge in [0.25, 0.3) is 5.91 Å². The Labute approximate surface area is 216 Å². The highest BCUT2D eigenvalue weighted by Crippen LogP contribution is 2.35. The summed E-state index contributed by atoms with van der Waals surface area (Å²) < 4.78 is 60.1. The third-order valence-corrected chi connectivity index (χ3v) is 8.63. The van der Waals surface area contributed by atoms with Crippen LogP contribution in [0.5, 0.6) is 5.75 Å². The van der Waals surface area contributed by atoms with Crippen molar-refractivity contribution in [3.63, 3.8) is 0 Å². The second-order valence-corrected chi connectivity index (χ2v) is 13.1. The maximum atomic E-state index is 13.4. The van der Waals surface area contributed by atoms with E-state index >= 15 is 0 Å². The number of amides is 1. The number of likely N-dealkylation sites (N-methyl/N-ethyl adjacent to an activating group) is 1. The van der Waals surface area contributed by atoms with Crippen LogP contribution in [0.2, 0.25) is 5.02 Å². The van der Waals surface area contributed by atoms with Crippen molar-refractivity contribution in [2.75, 3.05) is 37.7 Å². The molecule has 0 radical (unpaired) electrons. The molecule has 3 rings (SSSR count). The molecule has 2 aromatic rings. The number of sulfonamides is 2. The summed E-state index contributed by atoms with van der Waals surface area (Å²) in [4.78, 5) is 14.9. The van der Waals surface area contributed by atoms with Crippen molar-refractivity contribution < 1.29 is 31.5 Å². The highest BCUT2D eigenvalue weighted by Gasteiger charge is 2.36. The normalized spacial score (nSPS) is 19.8. The standard InChI is InChI=1S/C23H30ClN3O7S2/c1-15-12-27(16(2)14-28)23(29)19-6-5-7-20(25-35(4,30)31)22(19)34-21(15)13-26(3)36(32,33)18-10-8-17(24)9-11-18/h5-11,15-16,21,25,28H,12-14H2,1-4H3/t15-,16+,21-/m1/s1. The van der Waals surface area contributed by atoms with Crippen LogP contribution in [0.3, 0.4) is 0 Å². The van der Waals surface area contributed by atoms with E-state index in [9.17, 15) is 26.7 Å². The number of aliphatic hydroxyl groups excluding tert-OH is 1. The Kier molecular flexibility index (Phi) is 8.56. The summed E-state index contributed by atoms with van der Waals surface area (Å²) in [7, 11) is -6.19. The Hall–Kier alpha value is -2.38. The lowest BCUT2D eigenvalue weighted by Gasteiger charge is -2.38. The molecule has 0 aromatic heterocycles. The maximum absolute atomic E-state index is 13.4. The van der Waals surface area contributed by atoms with E-state index in [1.54, 1.807) is 13.8 Å². The summed E-state index contributed by atoms with van der Waals surface area (Å²) >= 11 is 5.89. The van der Waals surface area contributed by atoms with Crippen LogP contribution in [0.15, 0.2) is 47.4 Å². The Balaban J connectivity index is 2.05. The van der Waals surface area contributed by atoms with Crippen molar-refractivity contribution >= 4 is 43.2 Å². The van der Waals surface area contributed by atoms with E-state index in [0.717, 1.165) is 10.6 Å². The number of para-hydroxylation sites is 1. The molecule has 10 nitrogen and oxygen atoms in total. The number of rotatable bonds is 8. The lowest BCUT2D eigenvalue weighted by Crippen LogP contribution is -2.50. The average molecular weight is 560 g/mol. The first-order chi connectivity index (χ1) is 16.7. The van der Waals surface area contributed by atoms with Gasteiger partial charge in [-0.05, 0) is 43.3 Å². The van der Waals surface area contributed by atoms with Crippen molar-refractivity contribution in [1.82, 2.24) is 9.21 Å². The van der Waals surface area contributed by atoms with Gasteiger partial charge in [-0.15, -0.1) is 0 Å². The molecule has 1 heterocycles. The Morgan fingerprint density at radius 2 is 1.83 bits per heavy atom. The summed E-state index contributed by atoms with van der Waals surface area (Å²) in [6.45, 7) is 3.30. The Morgan fingerprint density at radius 1 is 1.19 bits per heavy atom. The average Bonchev–Trinajstić information content (AvgIpc) is 2.80. The number of aliphatic hydroxyl groups is 1. The van der Waals surface area contributed by atoms with Gasteiger partial charge in [0.1, 0.15) is 6.10 Å². The first-order valence-corrected chi connectivity index (χ1v) is 14.9. The fourth-order valence-electron chi connectivity index (χ4n) is 3.88. The fraction of sp³-hybridized carbons (Fsp3) is 0.435. The number of halogens is 1. The van der Waals surface area contributed by atoms with Crippen LogP contribution in [-0.4, -0.2) is 82.2 Å². The number of ether oxygens (including phenoxy) is 1. The van der Waals surface area contributed by atoms with Crippen LogP contribution >= 0.6 is 11.6 Å². The van der Waals surface area contributed by atoms with Crippen molar-refractivity contribution in [2.45, 2.75) is 30.9 Å². The molecule has 2 N–H and O–H groups in total. The minimum absolute atomic E-state index is 0.00287. The fourth-order valence-corrected chi connectivity index (χ4v) is 5.75. The number of nitrogens with zero attached hydrogens (tertiary/aromatic N) is 2. The van der Waals surface area contributed by atoms with Gasteiger partial charge in [-0.25, -0.2) is 16.8 Å².